The number of rotatable bonds is 3. The number of para-hydroxylation sites is 1. The molecule has 34 heavy (non-hydrogen) atoms. The van der Waals surface area contributed by atoms with Crippen LogP contribution in [0, 0.1) is 6.92 Å². The van der Waals surface area contributed by atoms with Gasteiger partial charge in [-0.3, -0.25) is 4.79 Å². The van der Waals surface area contributed by atoms with Gasteiger partial charge in [0.1, 0.15) is 23.0 Å². The first kappa shape index (κ1) is 22.0. The Morgan fingerprint density at radius 2 is 1.91 bits per heavy atom. The van der Waals surface area contributed by atoms with E-state index in [9.17, 15) is 4.79 Å². The van der Waals surface area contributed by atoms with Gasteiger partial charge in [-0.05, 0) is 61.4 Å². The summed E-state index contributed by atoms with van der Waals surface area (Å²) in [5.41, 5.74) is 3.89. The van der Waals surface area contributed by atoms with Gasteiger partial charge in [0, 0.05) is 25.7 Å². The van der Waals surface area contributed by atoms with E-state index in [1.807, 2.05) is 59.5 Å². The highest BCUT2D eigenvalue weighted by atomic mass is 16.5. The van der Waals surface area contributed by atoms with Gasteiger partial charge in [0.05, 0.1) is 19.1 Å². The van der Waals surface area contributed by atoms with E-state index in [0.29, 0.717) is 26.1 Å². The van der Waals surface area contributed by atoms with Crippen molar-refractivity contribution >= 4 is 17.4 Å². The van der Waals surface area contributed by atoms with E-state index in [0.717, 1.165) is 45.5 Å². The molecule has 0 spiro atoms. The van der Waals surface area contributed by atoms with Gasteiger partial charge in [0.25, 0.3) is 0 Å². The predicted octanol–water partition coefficient (Wildman–Crippen LogP) is 4.96. The molecule has 6 nitrogen and oxygen atoms in total. The minimum absolute atomic E-state index is 0.0587. The Hall–Kier alpha value is -3.80. The molecule has 0 bridgehead atoms. The van der Waals surface area contributed by atoms with Crippen LogP contribution in [0.5, 0.6) is 17.2 Å². The third-order valence-corrected chi connectivity index (χ3v) is 6.43. The number of ether oxygens (including phenoxy) is 2. The summed E-state index contributed by atoms with van der Waals surface area (Å²) in [5, 5.41) is 0. The van der Waals surface area contributed by atoms with E-state index >= 15 is 0 Å². The van der Waals surface area contributed by atoms with Gasteiger partial charge in [0.15, 0.2) is 5.75 Å². The van der Waals surface area contributed by atoms with Crippen LogP contribution in [0.4, 0.5) is 5.69 Å². The van der Waals surface area contributed by atoms with Crippen LogP contribution in [0.1, 0.15) is 23.6 Å². The predicted molar refractivity (Wildman–Crippen MR) is 133 cm³/mol. The van der Waals surface area contributed by atoms with Gasteiger partial charge in [-0.2, -0.15) is 0 Å². The Bertz CT molecular complexity index is 1250. The lowest BCUT2D eigenvalue weighted by Gasteiger charge is -2.41. The first-order valence-corrected chi connectivity index (χ1v) is 11.7. The maximum atomic E-state index is 13.1. The Labute approximate surface area is 200 Å². The van der Waals surface area contributed by atoms with Crippen molar-refractivity contribution in [3.05, 3.63) is 83.4 Å². The molecule has 0 aliphatic carbocycles. The molecule has 1 amide bonds. The molecule has 1 fully saturated rings. The molecule has 0 saturated carbocycles. The van der Waals surface area contributed by atoms with Crippen molar-refractivity contribution in [3.63, 3.8) is 0 Å². The van der Waals surface area contributed by atoms with Crippen molar-refractivity contribution in [2.45, 2.75) is 26.3 Å². The smallest absolute Gasteiger partial charge is 0.227 e. The third-order valence-electron chi connectivity index (χ3n) is 6.43. The van der Waals surface area contributed by atoms with Crippen molar-refractivity contribution in [1.82, 2.24) is 9.80 Å². The molecule has 174 valence electrons. The summed E-state index contributed by atoms with van der Waals surface area (Å²) in [6.45, 7) is 6.22. The third kappa shape index (κ3) is 4.36. The molecule has 6 heteroatoms. The normalized spacial score (nSPS) is 17.1. The van der Waals surface area contributed by atoms with Crippen molar-refractivity contribution in [3.8, 4) is 17.2 Å². The minimum Gasteiger partial charge on any atom is -0.497 e. The summed E-state index contributed by atoms with van der Waals surface area (Å²) in [6, 6.07) is 21.9. The Kier molecular flexibility index (Phi) is 5.97. The van der Waals surface area contributed by atoms with E-state index in [4.69, 9.17) is 14.5 Å². The second kappa shape index (κ2) is 9.21. The number of amidine groups is 1. The van der Waals surface area contributed by atoms with Crippen molar-refractivity contribution in [1.29, 1.82) is 0 Å². The Morgan fingerprint density at radius 1 is 1.06 bits per heavy atom. The van der Waals surface area contributed by atoms with Gasteiger partial charge in [-0.1, -0.05) is 30.3 Å². The number of benzene rings is 3. The van der Waals surface area contributed by atoms with E-state index < -0.39 is 0 Å². The number of fused-ring (bicyclic) bond motifs is 2. The van der Waals surface area contributed by atoms with Crippen LogP contribution in [-0.4, -0.2) is 54.3 Å². The molecule has 0 unspecified atom stereocenters. The fourth-order valence-electron chi connectivity index (χ4n) is 4.65. The zero-order chi connectivity index (χ0) is 23.7. The molecule has 2 aliphatic rings. The number of hydrogen-bond acceptors (Lipinski definition) is 5. The molecule has 1 saturated heterocycles. The van der Waals surface area contributed by atoms with Gasteiger partial charge in [-0.15, -0.1) is 0 Å². The molecule has 0 N–H and O–H groups in total. The van der Waals surface area contributed by atoms with E-state index in [1.165, 1.54) is 0 Å². The summed E-state index contributed by atoms with van der Waals surface area (Å²) in [7, 11) is 1.64. The number of hydrogen-bond donors (Lipinski definition) is 0. The standard InChI is InChI=1S/C28H29N3O3/c1-19-11-12-24-26(15-19)34-25-10-5-4-9-23(25)28(29-24)30-13-14-31(20(2)18-30)27(32)17-21-7-6-8-22(16-21)33-3/h4-12,15-16,20H,13-14,17-18H2,1-3H3/t20-/m0/s1. The summed E-state index contributed by atoms with van der Waals surface area (Å²) in [6.07, 6.45) is 0.367. The fourth-order valence-corrected chi connectivity index (χ4v) is 4.65. The maximum absolute atomic E-state index is 13.1. The number of carbonyl (C=O) groups excluding carboxylic acids is 1. The Balaban J connectivity index is 1.37. The molecule has 2 heterocycles. The topological polar surface area (TPSA) is 54.4 Å². The highest BCUT2D eigenvalue weighted by molar-refractivity contribution is 6.04. The van der Waals surface area contributed by atoms with Crippen LogP contribution in [-0.2, 0) is 11.2 Å². The van der Waals surface area contributed by atoms with E-state index in [2.05, 4.69) is 30.9 Å². The summed E-state index contributed by atoms with van der Waals surface area (Å²) in [4.78, 5) is 22.4. The second-order valence-corrected chi connectivity index (χ2v) is 8.92. The number of aryl methyl sites for hydroxylation is 1. The molecular weight excluding hydrogens is 426 g/mol. The van der Waals surface area contributed by atoms with Crippen molar-refractivity contribution in [2.75, 3.05) is 26.7 Å². The van der Waals surface area contributed by atoms with E-state index in [1.54, 1.807) is 7.11 Å². The monoisotopic (exact) mass is 455 g/mol. The number of piperazine rings is 1. The SMILES string of the molecule is COc1cccc(CC(=O)N2CCN(C3=Nc4ccc(C)cc4Oc4ccccc43)C[C@@H]2C)c1. The first-order chi connectivity index (χ1) is 16.5. The summed E-state index contributed by atoms with van der Waals surface area (Å²) in [5.74, 6) is 3.36. The molecule has 3 aromatic rings. The molecule has 0 radical (unpaired) electrons. The minimum atomic E-state index is 0.0587. The quantitative estimate of drug-likeness (QED) is 0.560. The average molecular weight is 456 g/mol. The van der Waals surface area contributed by atoms with Crippen molar-refractivity contribution < 1.29 is 14.3 Å². The van der Waals surface area contributed by atoms with Crippen LogP contribution in [0.25, 0.3) is 0 Å². The highest BCUT2D eigenvalue weighted by Crippen LogP contribution is 2.38. The molecule has 0 aromatic heterocycles. The van der Waals surface area contributed by atoms with Crippen LogP contribution >= 0.6 is 0 Å². The molecule has 5 rings (SSSR count). The van der Waals surface area contributed by atoms with Crippen LogP contribution in [0.15, 0.2) is 71.7 Å². The Morgan fingerprint density at radius 3 is 2.74 bits per heavy atom. The zero-order valence-electron chi connectivity index (χ0n) is 19.8. The van der Waals surface area contributed by atoms with Crippen molar-refractivity contribution in [2.24, 2.45) is 4.99 Å². The number of amides is 1. The van der Waals surface area contributed by atoms with Gasteiger partial charge in [-0.25, -0.2) is 4.99 Å². The van der Waals surface area contributed by atoms with Gasteiger partial charge < -0.3 is 19.3 Å². The molecule has 1 atom stereocenters. The van der Waals surface area contributed by atoms with Crippen LogP contribution in [0.2, 0.25) is 0 Å². The lowest BCUT2D eigenvalue weighted by Crippen LogP contribution is -2.55. The highest BCUT2D eigenvalue weighted by Gasteiger charge is 2.31. The largest absolute Gasteiger partial charge is 0.497 e. The lowest BCUT2D eigenvalue weighted by molar-refractivity contribution is -0.134. The number of carbonyl (C=O) groups is 1. The average Bonchev–Trinajstić information content (AvgIpc) is 3.00. The summed E-state index contributed by atoms with van der Waals surface area (Å²) >= 11 is 0. The van der Waals surface area contributed by atoms with Crippen LogP contribution < -0.4 is 9.47 Å². The number of methoxy groups -OCH3 is 1. The summed E-state index contributed by atoms with van der Waals surface area (Å²) < 4.78 is 11.6. The maximum Gasteiger partial charge on any atom is 0.227 e. The van der Waals surface area contributed by atoms with Gasteiger partial charge >= 0.3 is 0 Å². The number of aliphatic imine (C=N–C) groups is 1. The second-order valence-electron chi connectivity index (χ2n) is 8.92. The molecule has 2 aliphatic heterocycles. The van der Waals surface area contributed by atoms with Crippen LogP contribution in [0.3, 0.4) is 0 Å². The van der Waals surface area contributed by atoms with Gasteiger partial charge in [0.2, 0.25) is 5.91 Å². The molecule has 3 aromatic carbocycles. The van der Waals surface area contributed by atoms with E-state index in [-0.39, 0.29) is 11.9 Å². The number of nitrogens with zero attached hydrogens (tertiary/aromatic N) is 3. The fraction of sp³-hybridized carbons (Fsp3) is 0.286. The first-order valence-electron chi connectivity index (χ1n) is 11.7. The molecular formula is C28H29N3O3. The lowest BCUT2D eigenvalue weighted by atomic mass is 10.1. The zero-order valence-corrected chi connectivity index (χ0v) is 19.8.